The van der Waals surface area contributed by atoms with Crippen LogP contribution in [0.15, 0.2) is 41.6 Å². The molecular weight excluding hydrogens is 349 g/mol. The molecule has 1 atom stereocenters. The highest BCUT2D eigenvalue weighted by Crippen LogP contribution is 2.29. The van der Waals surface area contributed by atoms with Gasteiger partial charge in [-0.05, 0) is 30.7 Å². The molecule has 1 saturated heterocycles. The van der Waals surface area contributed by atoms with Gasteiger partial charge in [-0.25, -0.2) is 13.1 Å². The number of rotatable bonds is 4. The molecule has 2 heterocycles. The quantitative estimate of drug-likeness (QED) is 0.829. The molecule has 0 radical (unpaired) electrons. The Bertz CT molecular complexity index is 791. The molecule has 0 N–H and O–H groups in total. The minimum absolute atomic E-state index is 0.0868. The molecule has 11 heteroatoms. The molecule has 130 valence electrons. The first kappa shape index (κ1) is 16.7. The maximum atomic E-state index is 12.6. The van der Waals surface area contributed by atoms with Gasteiger partial charge < -0.3 is 4.74 Å². The smallest absolute Gasteiger partial charge is 0.406 e. The Balaban J connectivity index is 1.74. The van der Waals surface area contributed by atoms with Crippen LogP contribution in [0.1, 0.15) is 12.5 Å². The second-order valence-corrected chi connectivity index (χ2v) is 7.15. The highest BCUT2D eigenvalue weighted by Gasteiger charge is 2.34. The van der Waals surface area contributed by atoms with Crippen LogP contribution < -0.4 is 4.74 Å². The van der Waals surface area contributed by atoms with Gasteiger partial charge in [-0.1, -0.05) is 5.21 Å². The molecular formula is C13H13F3N4O3S. The van der Waals surface area contributed by atoms with Crippen molar-refractivity contribution >= 4 is 10.0 Å². The minimum atomic E-state index is -4.82. The van der Waals surface area contributed by atoms with Gasteiger partial charge in [0.1, 0.15) is 5.75 Å². The Morgan fingerprint density at radius 2 is 1.92 bits per heavy atom. The zero-order valence-electron chi connectivity index (χ0n) is 12.2. The summed E-state index contributed by atoms with van der Waals surface area (Å²) in [5.74, 6) is -0.469. The van der Waals surface area contributed by atoms with Crippen molar-refractivity contribution in [2.24, 2.45) is 0 Å². The summed E-state index contributed by atoms with van der Waals surface area (Å²) in [5, 5.41) is 7.55. The number of ether oxygens (including phenoxy) is 1. The van der Waals surface area contributed by atoms with Crippen molar-refractivity contribution in [3.63, 3.8) is 0 Å². The number of aromatic nitrogens is 3. The fourth-order valence-corrected chi connectivity index (χ4v) is 4.01. The SMILES string of the molecule is O=S(=O)(c1ccc(OC(F)(F)F)cc1)N1CCC(n2ccnn2)C1. The molecule has 0 amide bonds. The maximum absolute atomic E-state index is 12.6. The predicted molar refractivity (Wildman–Crippen MR) is 75.6 cm³/mol. The van der Waals surface area contributed by atoms with Crippen LogP contribution in [0.2, 0.25) is 0 Å². The highest BCUT2D eigenvalue weighted by atomic mass is 32.2. The van der Waals surface area contributed by atoms with Crippen molar-refractivity contribution in [3.05, 3.63) is 36.7 Å². The molecule has 2 aromatic rings. The molecule has 1 aromatic heterocycles. The largest absolute Gasteiger partial charge is 0.573 e. The first-order valence-electron chi connectivity index (χ1n) is 6.97. The first-order chi connectivity index (χ1) is 11.3. The summed E-state index contributed by atoms with van der Waals surface area (Å²) in [6.45, 7) is 0.528. The second kappa shape index (κ2) is 6.06. The van der Waals surface area contributed by atoms with Gasteiger partial charge in [0.15, 0.2) is 0 Å². The third-order valence-electron chi connectivity index (χ3n) is 3.64. The number of sulfonamides is 1. The van der Waals surface area contributed by atoms with Gasteiger partial charge in [-0.15, -0.1) is 18.3 Å². The van der Waals surface area contributed by atoms with Gasteiger partial charge in [0, 0.05) is 19.3 Å². The minimum Gasteiger partial charge on any atom is -0.406 e. The first-order valence-corrected chi connectivity index (χ1v) is 8.41. The van der Waals surface area contributed by atoms with E-state index in [1.807, 2.05) is 0 Å². The molecule has 1 fully saturated rings. The number of halogens is 3. The number of benzene rings is 1. The summed E-state index contributed by atoms with van der Waals surface area (Å²) in [4.78, 5) is -0.0868. The Kier molecular flexibility index (Phi) is 4.22. The third-order valence-corrected chi connectivity index (χ3v) is 5.52. The summed E-state index contributed by atoms with van der Waals surface area (Å²) >= 11 is 0. The van der Waals surface area contributed by atoms with Crippen LogP contribution in [0.5, 0.6) is 5.75 Å². The van der Waals surface area contributed by atoms with Gasteiger partial charge in [-0.2, -0.15) is 4.31 Å². The lowest BCUT2D eigenvalue weighted by Crippen LogP contribution is -2.29. The summed E-state index contributed by atoms with van der Waals surface area (Å²) in [5.41, 5.74) is 0. The average Bonchev–Trinajstić information content (AvgIpc) is 3.17. The molecule has 1 unspecified atom stereocenters. The Morgan fingerprint density at radius 1 is 1.21 bits per heavy atom. The fourth-order valence-electron chi connectivity index (χ4n) is 2.52. The van der Waals surface area contributed by atoms with Crippen LogP contribution in [0.4, 0.5) is 13.2 Å². The van der Waals surface area contributed by atoms with Crippen LogP contribution in [-0.2, 0) is 10.0 Å². The van der Waals surface area contributed by atoms with Crippen LogP contribution in [0.3, 0.4) is 0 Å². The van der Waals surface area contributed by atoms with Gasteiger partial charge >= 0.3 is 6.36 Å². The van der Waals surface area contributed by atoms with Crippen molar-refractivity contribution in [3.8, 4) is 5.75 Å². The van der Waals surface area contributed by atoms with E-state index in [9.17, 15) is 21.6 Å². The molecule has 0 aliphatic carbocycles. The lowest BCUT2D eigenvalue weighted by atomic mass is 10.3. The van der Waals surface area contributed by atoms with E-state index in [0.717, 1.165) is 24.3 Å². The maximum Gasteiger partial charge on any atom is 0.573 e. The van der Waals surface area contributed by atoms with E-state index in [2.05, 4.69) is 15.0 Å². The van der Waals surface area contributed by atoms with E-state index >= 15 is 0 Å². The number of alkyl halides is 3. The zero-order chi connectivity index (χ0) is 17.4. The van der Waals surface area contributed by atoms with Gasteiger partial charge in [0.25, 0.3) is 0 Å². The van der Waals surface area contributed by atoms with Crippen LogP contribution in [0, 0.1) is 0 Å². The zero-order valence-corrected chi connectivity index (χ0v) is 13.0. The normalized spacial score (nSPS) is 19.5. The average molecular weight is 362 g/mol. The van der Waals surface area contributed by atoms with E-state index in [-0.39, 0.29) is 17.5 Å². The van der Waals surface area contributed by atoms with Crippen LogP contribution >= 0.6 is 0 Å². The van der Waals surface area contributed by atoms with Gasteiger partial charge in [0.05, 0.1) is 17.1 Å². The topological polar surface area (TPSA) is 77.3 Å². The molecule has 24 heavy (non-hydrogen) atoms. The highest BCUT2D eigenvalue weighted by molar-refractivity contribution is 7.89. The van der Waals surface area contributed by atoms with Crippen molar-refractivity contribution < 1.29 is 26.3 Å². The van der Waals surface area contributed by atoms with Crippen molar-refractivity contribution in [2.45, 2.75) is 23.7 Å². The number of hydrogen-bond donors (Lipinski definition) is 0. The van der Waals surface area contributed by atoms with E-state index in [4.69, 9.17) is 0 Å². The van der Waals surface area contributed by atoms with Crippen molar-refractivity contribution in [1.29, 1.82) is 0 Å². The van der Waals surface area contributed by atoms with Gasteiger partial charge in [0.2, 0.25) is 10.0 Å². The standard InChI is InChI=1S/C13H13F3N4O3S/c14-13(15,16)23-11-1-3-12(4-2-11)24(21,22)19-7-5-10(9-19)20-8-6-17-18-20/h1-4,6,8,10H,5,7,9H2. The monoisotopic (exact) mass is 362 g/mol. The molecule has 3 rings (SSSR count). The molecule has 1 aliphatic rings. The van der Waals surface area contributed by atoms with Crippen LogP contribution in [0.25, 0.3) is 0 Å². The van der Waals surface area contributed by atoms with Crippen molar-refractivity contribution in [1.82, 2.24) is 19.3 Å². The Labute approximate surface area is 135 Å². The van der Waals surface area contributed by atoms with E-state index in [0.29, 0.717) is 13.0 Å². The number of hydrogen-bond acceptors (Lipinski definition) is 5. The van der Waals surface area contributed by atoms with E-state index in [1.54, 1.807) is 10.9 Å². The van der Waals surface area contributed by atoms with Crippen molar-refractivity contribution in [2.75, 3.05) is 13.1 Å². The predicted octanol–water partition coefficient (Wildman–Crippen LogP) is 1.81. The lowest BCUT2D eigenvalue weighted by Gasteiger charge is -2.17. The number of nitrogens with zero attached hydrogens (tertiary/aromatic N) is 4. The van der Waals surface area contributed by atoms with Gasteiger partial charge in [-0.3, -0.25) is 0 Å². The molecule has 1 aromatic carbocycles. The second-order valence-electron chi connectivity index (χ2n) is 5.21. The van der Waals surface area contributed by atoms with Crippen LogP contribution in [-0.4, -0.2) is 47.2 Å². The Hall–Kier alpha value is -2.14. The van der Waals surface area contributed by atoms with E-state index < -0.39 is 22.1 Å². The molecule has 0 bridgehead atoms. The fraction of sp³-hybridized carbons (Fsp3) is 0.385. The summed E-state index contributed by atoms with van der Waals surface area (Å²) in [7, 11) is -3.79. The Morgan fingerprint density at radius 3 is 2.50 bits per heavy atom. The molecule has 7 nitrogen and oxygen atoms in total. The third kappa shape index (κ3) is 3.51. The summed E-state index contributed by atoms with van der Waals surface area (Å²) in [6, 6.07) is 4.03. The lowest BCUT2D eigenvalue weighted by molar-refractivity contribution is -0.274. The molecule has 1 aliphatic heterocycles. The van der Waals surface area contributed by atoms with E-state index in [1.165, 1.54) is 10.5 Å². The molecule has 0 saturated carbocycles. The summed E-state index contributed by atoms with van der Waals surface area (Å²) in [6.07, 6.45) is -1.07. The molecule has 0 spiro atoms. The summed E-state index contributed by atoms with van der Waals surface area (Å²) < 4.78 is 68.1.